The lowest BCUT2D eigenvalue weighted by Gasteiger charge is -2.25. The molecule has 1 saturated heterocycles. The van der Waals surface area contributed by atoms with E-state index in [0.717, 1.165) is 10.4 Å². The number of Topliss-reactive ketones (excluding diaryl/α,β-unsaturated/α-hetero) is 1. The summed E-state index contributed by atoms with van der Waals surface area (Å²) in [4.78, 5) is 28.4. The van der Waals surface area contributed by atoms with Crippen LogP contribution < -0.4 is 14.4 Å². The first kappa shape index (κ1) is 19.7. The minimum Gasteiger partial charge on any atom is -0.507 e. The number of hydrogen-bond acceptors (Lipinski definition) is 6. The Morgan fingerprint density at radius 3 is 2.55 bits per heavy atom. The van der Waals surface area contributed by atoms with Crippen LogP contribution >= 0.6 is 22.9 Å². The van der Waals surface area contributed by atoms with Crippen LogP contribution in [0.4, 0.5) is 5.69 Å². The van der Waals surface area contributed by atoms with Gasteiger partial charge in [-0.25, -0.2) is 0 Å². The standard InChI is InChI=1S/C23H16ClNO5S/c1-12-8-9-31-22(12)19-18(20(26)13-2-7-16-17(10-13)30-11-29-16)21(27)23(28)25(19)15-5-3-14(24)4-6-15/h2-10,19,26H,11H2,1H3/b20-18-. The van der Waals surface area contributed by atoms with Crippen molar-refractivity contribution in [3.8, 4) is 11.5 Å². The number of hydrogen-bond donors (Lipinski definition) is 1. The van der Waals surface area contributed by atoms with Gasteiger partial charge in [0.2, 0.25) is 6.79 Å². The molecule has 5 rings (SSSR count). The molecule has 8 heteroatoms. The highest BCUT2D eigenvalue weighted by Gasteiger charge is 2.48. The highest BCUT2D eigenvalue weighted by atomic mass is 35.5. The largest absolute Gasteiger partial charge is 0.507 e. The maximum Gasteiger partial charge on any atom is 0.300 e. The minimum atomic E-state index is -0.758. The summed E-state index contributed by atoms with van der Waals surface area (Å²) in [5.74, 6) is -0.681. The van der Waals surface area contributed by atoms with Crippen LogP contribution in [-0.4, -0.2) is 23.6 Å². The third-order valence-corrected chi connectivity index (χ3v) is 6.67. The molecule has 31 heavy (non-hydrogen) atoms. The van der Waals surface area contributed by atoms with Crippen LogP contribution in [0.15, 0.2) is 59.5 Å². The molecule has 3 heterocycles. The highest BCUT2D eigenvalue weighted by molar-refractivity contribution is 7.10. The molecule has 1 aromatic heterocycles. The molecule has 2 aromatic carbocycles. The Labute approximate surface area is 186 Å². The zero-order valence-electron chi connectivity index (χ0n) is 16.3. The van der Waals surface area contributed by atoms with E-state index in [1.165, 1.54) is 16.2 Å². The predicted octanol–water partition coefficient (Wildman–Crippen LogP) is 5.06. The number of aryl methyl sites for hydroxylation is 1. The molecule has 2 aliphatic rings. The quantitative estimate of drug-likeness (QED) is 0.340. The molecule has 1 atom stereocenters. The molecule has 1 N–H and O–H groups in total. The number of ketones is 1. The summed E-state index contributed by atoms with van der Waals surface area (Å²) >= 11 is 7.44. The fourth-order valence-corrected chi connectivity index (χ4v) is 4.96. The van der Waals surface area contributed by atoms with Crippen LogP contribution in [-0.2, 0) is 9.59 Å². The molecule has 1 amide bonds. The molecule has 0 bridgehead atoms. The predicted molar refractivity (Wildman–Crippen MR) is 118 cm³/mol. The first-order valence-corrected chi connectivity index (χ1v) is 10.7. The van der Waals surface area contributed by atoms with Gasteiger partial charge < -0.3 is 14.6 Å². The van der Waals surface area contributed by atoms with Gasteiger partial charge in [0.15, 0.2) is 11.5 Å². The van der Waals surface area contributed by atoms with E-state index >= 15 is 0 Å². The number of aliphatic hydroxyl groups excluding tert-OH is 1. The molecule has 1 fully saturated rings. The summed E-state index contributed by atoms with van der Waals surface area (Å²) < 4.78 is 10.7. The number of thiophene rings is 1. The van der Waals surface area contributed by atoms with Crippen molar-refractivity contribution >= 4 is 46.1 Å². The number of halogens is 1. The van der Waals surface area contributed by atoms with Crippen LogP contribution in [0.1, 0.15) is 22.0 Å². The SMILES string of the molecule is Cc1ccsc1C1/C(=C(/O)c2ccc3c(c2)OCO3)C(=O)C(=O)N1c1ccc(Cl)cc1. The molecule has 156 valence electrons. The fraction of sp³-hybridized carbons (Fsp3) is 0.130. The highest BCUT2D eigenvalue weighted by Crippen LogP contribution is 2.45. The summed E-state index contributed by atoms with van der Waals surface area (Å²) in [7, 11) is 0. The molecule has 0 radical (unpaired) electrons. The fourth-order valence-electron chi connectivity index (χ4n) is 3.81. The topological polar surface area (TPSA) is 76.1 Å². The number of benzene rings is 2. The van der Waals surface area contributed by atoms with Crippen molar-refractivity contribution in [3.05, 3.63) is 80.5 Å². The van der Waals surface area contributed by atoms with E-state index in [1.807, 2.05) is 18.4 Å². The van der Waals surface area contributed by atoms with E-state index in [9.17, 15) is 14.7 Å². The Kier molecular flexibility index (Phi) is 4.72. The molecule has 0 aliphatic carbocycles. The van der Waals surface area contributed by atoms with Gasteiger partial charge in [-0.2, -0.15) is 0 Å². The number of carbonyl (C=O) groups excluding carboxylic acids is 2. The lowest BCUT2D eigenvalue weighted by atomic mass is 9.98. The summed E-state index contributed by atoms with van der Waals surface area (Å²) in [6.45, 7) is 2.00. The number of rotatable bonds is 3. The Morgan fingerprint density at radius 2 is 1.84 bits per heavy atom. The lowest BCUT2D eigenvalue weighted by molar-refractivity contribution is -0.132. The average Bonchev–Trinajstić information content (AvgIpc) is 3.46. The summed E-state index contributed by atoms with van der Waals surface area (Å²) in [6, 6.07) is 12.8. The van der Waals surface area contributed by atoms with Crippen molar-refractivity contribution in [1.29, 1.82) is 0 Å². The van der Waals surface area contributed by atoms with E-state index in [-0.39, 0.29) is 18.1 Å². The van der Waals surface area contributed by atoms with Crippen molar-refractivity contribution < 1.29 is 24.2 Å². The minimum absolute atomic E-state index is 0.0318. The van der Waals surface area contributed by atoms with Gasteiger partial charge in [0, 0.05) is 21.2 Å². The van der Waals surface area contributed by atoms with Crippen molar-refractivity contribution in [3.63, 3.8) is 0 Å². The van der Waals surface area contributed by atoms with Crippen LogP contribution in [0.5, 0.6) is 11.5 Å². The summed E-state index contributed by atoms with van der Waals surface area (Å²) in [5, 5.41) is 13.6. The Balaban J connectivity index is 1.70. The molecule has 0 saturated carbocycles. The summed E-state index contributed by atoms with van der Waals surface area (Å²) in [6.07, 6.45) is 0. The average molecular weight is 454 g/mol. The molecule has 2 aliphatic heterocycles. The first-order chi connectivity index (χ1) is 15.0. The number of ether oxygens (including phenoxy) is 2. The van der Waals surface area contributed by atoms with E-state index in [2.05, 4.69) is 0 Å². The van der Waals surface area contributed by atoms with E-state index in [4.69, 9.17) is 21.1 Å². The van der Waals surface area contributed by atoms with Crippen molar-refractivity contribution in [1.82, 2.24) is 0 Å². The van der Waals surface area contributed by atoms with Crippen LogP contribution in [0, 0.1) is 6.92 Å². The van der Waals surface area contributed by atoms with Crippen LogP contribution in [0.3, 0.4) is 0 Å². The zero-order valence-corrected chi connectivity index (χ0v) is 17.9. The Bertz CT molecular complexity index is 1250. The molecular formula is C23H16ClNO5S. The maximum absolute atomic E-state index is 13.1. The third kappa shape index (κ3) is 3.17. The van der Waals surface area contributed by atoms with Gasteiger partial charge >= 0.3 is 0 Å². The summed E-state index contributed by atoms with van der Waals surface area (Å²) in [5.41, 5.74) is 1.85. The first-order valence-electron chi connectivity index (χ1n) is 9.46. The van der Waals surface area contributed by atoms with Gasteiger partial charge in [-0.3, -0.25) is 14.5 Å². The van der Waals surface area contributed by atoms with E-state index in [0.29, 0.717) is 27.8 Å². The van der Waals surface area contributed by atoms with E-state index < -0.39 is 17.7 Å². The van der Waals surface area contributed by atoms with E-state index in [1.54, 1.807) is 42.5 Å². The molecule has 6 nitrogen and oxygen atoms in total. The molecule has 3 aromatic rings. The number of fused-ring (bicyclic) bond motifs is 1. The maximum atomic E-state index is 13.1. The van der Waals surface area contributed by atoms with Gasteiger partial charge in [0.25, 0.3) is 11.7 Å². The van der Waals surface area contributed by atoms with Gasteiger partial charge in [0.05, 0.1) is 5.57 Å². The van der Waals surface area contributed by atoms with Gasteiger partial charge in [-0.1, -0.05) is 11.6 Å². The number of amides is 1. The zero-order chi connectivity index (χ0) is 21.7. The van der Waals surface area contributed by atoms with Crippen molar-refractivity contribution in [2.24, 2.45) is 0 Å². The normalized spacial score (nSPS) is 19.3. The second-order valence-corrected chi connectivity index (χ2v) is 8.57. The molecule has 1 unspecified atom stereocenters. The lowest BCUT2D eigenvalue weighted by Crippen LogP contribution is -2.29. The van der Waals surface area contributed by atoms with Crippen molar-refractivity contribution in [2.45, 2.75) is 13.0 Å². The van der Waals surface area contributed by atoms with Crippen LogP contribution in [0.2, 0.25) is 5.02 Å². The van der Waals surface area contributed by atoms with Crippen LogP contribution in [0.25, 0.3) is 5.76 Å². The van der Waals surface area contributed by atoms with Gasteiger partial charge in [-0.05, 0) is 66.4 Å². The Morgan fingerprint density at radius 1 is 1.10 bits per heavy atom. The molecular weight excluding hydrogens is 438 g/mol. The monoisotopic (exact) mass is 453 g/mol. The number of aliphatic hydroxyl groups is 1. The second kappa shape index (κ2) is 7.44. The second-order valence-electron chi connectivity index (χ2n) is 7.18. The number of anilines is 1. The number of carbonyl (C=O) groups is 2. The smallest absolute Gasteiger partial charge is 0.300 e. The van der Waals surface area contributed by atoms with Gasteiger partial charge in [-0.15, -0.1) is 11.3 Å². The Hall–Kier alpha value is -3.29. The van der Waals surface area contributed by atoms with Crippen molar-refractivity contribution in [2.75, 3.05) is 11.7 Å². The van der Waals surface area contributed by atoms with Gasteiger partial charge in [0.1, 0.15) is 11.8 Å². The number of nitrogens with zero attached hydrogens (tertiary/aromatic N) is 1. The molecule has 0 spiro atoms. The third-order valence-electron chi connectivity index (χ3n) is 5.35.